The Labute approximate surface area is 193 Å². The maximum absolute atomic E-state index is 6.19. The average Bonchev–Trinajstić information content (AvgIpc) is 3.12. The molecule has 0 saturated carbocycles. The van der Waals surface area contributed by atoms with Gasteiger partial charge < -0.3 is 9.30 Å². The molecule has 3 nitrogen and oxygen atoms in total. The van der Waals surface area contributed by atoms with E-state index in [-0.39, 0.29) is 0 Å². The number of fused-ring (bicyclic) bond motifs is 1. The predicted octanol–water partition coefficient (Wildman–Crippen LogP) is 7.76. The molecule has 0 radical (unpaired) electrons. The van der Waals surface area contributed by atoms with Gasteiger partial charge in [0, 0.05) is 16.6 Å². The zero-order valence-electron chi connectivity index (χ0n) is 18.4. The molecule has 0 N–H and O–H groups in total. The van der Waals surface area contributed by atoms with Crippen LogP contribution in [0.2, 0.25) is 0 Å². The Morgan fingerprint density at radius 2 is 1.74 bits per heavy atom. The van der Waals surface area contributed by atoms with Crippen LogP contribution in [0.15, 0.2) is 71.2 Å². The lowest BCUT2D eigenvalue weighted by Gasteiger charge is -2.15. The Bertz CT molecular complexity index is 1180. The van der Waals surface area contributed by atoms with Crippen molar-refractivity contribution >= 4 is 27.0 Å². The molecule has 160 valence electrons. The zero-order chi connectivity index (χ0) is 21.8. The molecule has 1 aromatic heterocycles. The fourth-order valence-corrected chi connectivity index (χ4v) is 4.41. The fourth-order valence-electron chi connectivity index (χ4n) is 3.95. The van der Waals surface area contributed by atoms with Crippen LogP contribution in [-0.2, 0) is 6.54 Å². The lowest BCUT2D eigenvalue weighted by Crippen LogP contribution is -2.05. The maximum atomic E-state index is 6.19. The number of aryl methyl sites for hydroxylation is 2. The van der Waals surface area contributed by atoms with Crippen LogP contribution in [0.1, 0.15) is 43.7 Å². The largest absolute Gasteiger partial charge is 0.493 e. The summed E-state index contributed by atoms with van der Waals surface area (Å²) in [5, 5.41) is 0. The second-order valence-electron chi connectivity index (χ2n) is 8.31. The Balaban J connectivity index is 1.47. The first-order valence-electron chi connectivity index (χ1n) is 11.0. The first kappa shape index (κ1) is 21.6. The zero-order valence-corrected chi connectivity index (χ0v) is 20.0. The summed E-state index contributed by atoms with van der Waals surface area (Å²) in [4.78, 5) is 4.93. The second-order valence-corrected chi connectivity index (χ2v) is 9.16. The Hall–Kier alpha value is -2.59. The number of hydrogen-bond acceptors (Lipinski definition) is 2. The normalized spacial score (nSPS) is 11.4. The topological polar surface area (TPSA) is 27.1 Å². The highest BCUT2D eigenvalue weighted by atomic mass is 79.9. The van der Waals surface area contributed by atoms with Crippen molar-refractivity contribution in [3.63, 3.8) is 0 Å². The van der Waals surface area contributed by atoms with E-state index < -0.39 is 0 Å². The van der Waals surface area contributed by atoms with Gasteiger partial charge in [0.1, 0.15) is 11.6 Å². The summed E-state index contributed by atoms with van der Waals surface area (Å²) in [6.07, 6.45) is 2.02. The molecular weight excluding hydrogens is 448 g/mol. The minimum absolute atomic E-state index is 0.458. The van der Waals surface area contributed by atoms with Gasteiger partial charge in [-0.25, -0.2) is 4.98 Å². The first-order chi connectivity index (χ1) is 15.0. The van der Waals surface area contributed by atoms with E-state index in [0.29, 0.717) is 5.92 Å². The van der Waals surface area contributed by atoms with Crippen LogP contribution in [0.25, 0.3) is 22.4 Å². The molecule has 3 aromatic carbocycles. The number of ether oxygens (including phenoxy) is 1. The van der Waals surface area contributed by atoms with E-state index in [1.807, 2.05) is 12.1 Å². The van der Waals surface area contributed by atoms with E-state index in [9.17, 15) is 0 Å². The minimum Gasteiger partial charge on any atom is -0.493 e. The number of aromatic nitrogens is 2. The number of imidazole rings is 1. The highest BCUT2D eigenvalue weighted by Gasteiger charge is 2.14. The molecule has 0 amide bonds. The Morgan fingerprint density at radius 3 is 2.55 bits per heavy atom. The van der Waals surface area contributed by atoms with E-state index in [0.717, 1.165) is 53.1 Å². The van der Waals surface area contributed by atoms with Gasteiger partial charge in [-0.3, -0.25) is 0 Å². The molecule has 1 heterocycles. The summed E-state index contributed by atoms with van der Waals surface area (Å²) >= 11 is 3.69. The van der Waals surface area contributed by atoms with Crippen LogP contribution in [0.3, 0.4) is 0 Å². The second kappa shape index (κ2) is 9.69. The molecule has 4 aromatic rings. The quantitative estimate of drug-likeness (QED) is 0.243. The van der Waals surface area contributed by atoms with Crippen molar-refractivity contribution in [2.45, 2.75) is 46.1 Å². The number of para-hydroxylation sites is 2. The number of unbranched alkanes of at least 4 members (excludes halogenated alkanes) is 1. The van der Waals surface area contributed by atoms with E-state index in [1.54, 1.807) is 0 Å². The van der Waals surface area contributed by atoms with E-state index >= 15 is 0 Å². The van der Waals surface area contributed by atoms with Crippen LogP contribution in [0.5, 0.6) is 5.75 Å². The molecule has 0 aliphatic rings. The van der Waals surface area contributed by atoms with Crippen molar-refractivity contribution in [2.75, 3.05) is 6.61 Å². The molecule has 0 aliphatic heterocycles. The van der Waals surface area contributed by atoms with Gasteiger partial charge in [-0.1, -0.05) is 72.2 Å². The van der Waals surface area contributed by atoms with Gasteiger partial charge in [-0.15, -0.1) is 0 Å². The van der Waals surface area contributed by atoms with Crippen molar-refractivity contribution < 1.29 is 4.74 Å². The predicted molar refractivity (Wildman–Crippen MR) is 133 cm³/mol. The highest BCUT2D eigenvalue weighted by Crippen LogP contribution is 2.31. The monoisotopic (exact) mass is 476 g/mol. The summed E-state index contributed by atoms with van der Waals surface area (Å²) in [5.74, 6) is 2.49. The molecule has 0 bridgehead atoms. The van der Waals surface area contributed by atoms with Crippen molar-refractivity contribution in [2.24, 2.45) is 0 Å². The molecule has 4 rings (SSSR count). The molecule has 0 fully saturated rings. The number of hydrogen-bond donors (Lipinski definition) is 0. The molecule has 4 heteroatoms. The molecule has 0 saturated heterocycles. The lowest BCUT2D eigenvalue weighted by molar-refractivity contribution is 0.299. The molecular formula is C27H29BrN2O. The summed E-state index contributed by atoms with van der Waals surface area (Å²) in [6, 6.07) is 23.2. The third-order valence-electron chi connectivity index (χ3n) is 5.59. The number of rotatable bonds is 8. The van der Waals surface area contributed by atoms with Crippen LogP contribution in [0, 0.1) is 6.92 Å². The molecule has 0 aliphatic carbocycles. The van der Waals surface area contributed by atoms with Crippen molar-refractivity contribution in [1.29, 1.82) is 0 Å². The van der Waals surface area contributed by atoms with Crippen molar-refractivity contribution in [1.82, 2.24) is 9.55 Å². The maximum Gasteiger partial charge on any atom is 0.142 e. The summed E-state index contributed by atoms with van der Waals surface area (Å²) < 4.78 is 9.59. The smallest absolute Gasteiger partial charge is 0.142 e. The van der Waals surface area contributed by atoms with Gasteiger partial charge in [0.25, 0.3) is 0 Å². The standard InChI is InChI=1S/C27H29BrN2O/c1-19(2)21-15-14-20(3)18-26(21)31-17-9-8-16-30-25-13-7-6-12-24(25)29-27(30)22-10-4-5-11-23(22)28/h4-7,10-15,18-19H,8-9,16-17H2,1-3H3. The van der Waals surface area contributed by atoms with Gasteiger partial charge in [0.15, 0.2) is 0 Å². The number of nitrogens with zero attached hydrogens (tertiary/aromatic N) is 2. The number of benzene rings is 3. The average molecular weight is 477 g/mol. The van der Waals surface area contributed by atoms with Gasteiger partial charge >= 0.3 is 0 Å². The van der Waals surface area contributed by atoms with Crippen LogP contribution >= 0.6 is 15.9 Å². The molecule has 0 unspecified atom stereocenters. The Morgan fingerprint density at radius 1 is 0.968 bits per heavy atom. The SMILES string of the molecule is Cc1ccc(C(C)C)c(OCCCCn2c(-c3ccccc3Br)nc3ccccc32)c1. The third-order valence-corrected chi connectivity index (χ3v) is 6.29. The fraction of sp³-hybridized carbons (Fsp3) is 0.296. The first-order valence-corrected chi connectivity index (χ1v) is 11.8. The lowest BCUT2D eigenvalue weighted by atomic mass is 10.0. The van der Waals surface area contributed by atoms with Gasteiger partial charge in [-0.05, 0) is 61.1 Å². The van der Waals surface area contributed by atoms with Crippen LogP contribution < -0.4 is 4.74 Å². The summed E-state index contributed by atoms with van der Waals surface area (Å²) in [5.41, 5.74) is 5.85. The van der Waals surface area contributed by atoms with E-state index in [2.05, 4.69) is 95.9 Å². The summed E-state index contributed by atoms with van der Waals surface area (Å²) in [7, 11) is 0. The third kappa shape index (κ3) is 4.85. The number of halogens is 1. The molecule has 31 heavy (non-hydrogen) atoms. The van der Waals surface area contributed by atoms with Crippen molar-refractivity contribution in [3.05, 3.63) is 82.3 Å². The van der Waals surface area contributed by atoms with E-state index in [1.165, 1.54) is 16.6 Å². The van der Waals surface area contributed by atoms with Gasteiger partial charge in [0.05, 0.1) is 17.6 Å². The highest BCUT2D eigenvalue weighted by molar-refractivity contribution is 9.10. The van der Waals surface area contributed by atoms with Crippen LogP contribution in [0.4, 0.5) is 0 Å². The van der Waals surface area contributed by atoms with E-state index in [4.69, 9.17) is 9.72 Å². The van der Waals surface area contributed by atoms with Crippen LogP contribution in [-0.4, -0.2) is 16.2 Å². The molecule has 0 spiro atoms. The minimum atomic E-state index is 0.458. The summed E-state index contributed by atoms with van der Waals surface area (Å²) in [6.45, 7) is 8.17. The molecule has 0 atom stereocenters. The van der Waals surface area contributed by atoms with Crippen molar-refractivity contribution in [3.8, 4) is 17.1 Å². The van der Waals surface area contributed by atoms with Gasteiger partial charge in [0.2, 0.25) is 0 Å². The van der Waals surface area contributed by atoms with Gasteiger partial charge in [-0.2, -0.15) is 0 Å². The Kier molecular flexibility index (Phi) is 6.77.